The van der Waals surface area contributed by atoms with Crippen molar-refractivity contribution in [2.24, 2.45) is 11.0 Å². The van der Waals surface area contributed by atoms with Crippen molar-refractivity contribution in [3.8, 4) is 0 Å². The number of carboxylic acid groups (broad SMARTS) is 1. The molecule has 35 heavy (non-hydrogen) atoms. The highest BCUT2D eigenvalue weighted by atomic mass is 79.9. The van der Waals surface area contributed by atoms with Crippen LogP contribution in [0.1, 0.15) is 57.1 Å². The van der Waals surface area contributed by atoms with E-state index in [0.29, 0.717) is 0 Å². The number of carboxylic acids is 1. The van der Waals surface area contributed by atoms with E-state index in [1.165, 1.54) is 11.1 Å². The molecule has 0 spiro atoms. The highest BCUT2D eigenvalue weighted by Gasteiger charge is 2.44. The zero-order chi connectivity index (χ0) is 24.5. The number of hydrogen-bond donors (Lipinski definition) is 1. The number of halogens is 2. The lowest BCUT2D eigenvalue weighted by Crippen LogP contribution is -2.32. The van der Waals surface area contributed by atoms with E-state index in [1.807, 2.05) is 36.4 Å². The number of hydrazone groups is 1. The van der Waals surface area contributed by atoms with E-state index in [-0.39, 0.29) is 23.1 Å². The Hall–Kier alpha value is -3.03. The van der Waals surface area contributed by atoms with Crippen LogP contribution in [0, 0.1) is 5.92 Å². The fourth-order valence-electron chi connectivity index (χ4n) is 4.90. The molecule has 0 saturated heterocycles. The number of allylic oxidation sites excluding steroid dienone is 1. The van der Waals surface area contributed by atoms with Crippen LogP contribution < -0.4 is 0 Å². The molecule has 3 aromatic carbocycles. The van der Waals surface area contributed by atoms with Crippen molar-refractivity contribution in [1.82, 2.24) is 5.01 Å². The lowest BCUT2D eigenvalue weighted by atomic mass is 9.77. The zero-order valence-corrected chi connectivity index (χ0v) is 21.9. The molecule has 2 atom stereocenters. The maximum atomic E-state index is 13.8. The highest BCUT2D eigenvalue weighted by molar-refractivity contribution is 9.10. The number of amides is 1. The van der Waals surface area contributed by atoms with E-state index >= 15 is 0 Å². The summed E-state index contributed by atoms with van der Waals surface area (Å²) in [7, 11) is 0. The summed E-state index contributed by atoms with van der Waals surface area (Å²) in [5, 5.41) is 16.1. The number of hydrogen-bond acceptors (Lipinski definition) is 3. The molecule has 3 aromatic rings. The quantitative estimate of drug-likeness (QED) is 0.344. The van der Waals surface area contributed by atoms with E-state index in [0.717, 1.165) is 50.6 Å². The van der Waals surface area contributed by atoms with Gasteiger partial charge in [-0.2, -0.15) is 5.10 Å². The molecule has 0 unspecified atom stereocenters. The average molecular weight is 594 g/mol. The largest absolute Gasteiger partial charge is 0.478 e. The van der Waals surface area contributed by atoms with Gasteiger partial charge in [0.2, 0.25) is 0 Å². The molecule has 1 amide bonds. The van der Waals surface area contributed by atoms with Gasteiger partial charge in [-0.25, -0.2) is 9.80 Å². The van der Waals surface area contributed by atoms with Crippen molar-refractivity contribution in [2.75, 3.05) is 0 Å². The van der Waals surface area contributed by atoms with Gasteiger partial charge in [0.15, 0.2) is 0 Å². The van der Waals surface area contributed by atoms with E-state index in [1.54, 1.807) is 18.2 Å². The summed E-state index contributed by atoms with van der Waals surface area (Å²) >= 11 is 6.98. The number of aromatic carboxylic acids is 1. The monoisotopic (exact) mass is 592 g/mol. The van der Waals surface area contributed by atoms with Crippen molar-refractivity contribution < 1.29 is 14.7 Å². The van der Waals surface area contributed by atoms with Crippen LogP contribution in [0.5, 0.6) is 0 Å². The molecule has 7 heteroatoms. The standard InChI is InChI=1S/C28H22Br2N2O3/c29-20-12-8-17(9-13-20)16-19-4-3-7-24-25(19)31-32(26(24)18-10-14-21(30)15-11-18)27(33)22-5-1-2-6-23(22)28(34)35/h1-2,5-6,8-16,24,26H,3-4,7H2,(H,34,35)/b19-16+/t24-,26+/m0/s1. The molecule has 0 bridgehead atoms. The van der Waals surface area contributed by atoms with Gasteiger partial charge >= 0.3 is 5.97 Å². The first-order valence-electron chi connectivity index (χ1n) is 11.4. The first kappa shape index (κ1) is 23.7. The van der Waals surface area contributed by atoms with E-state index in [2.05, 4.69) is 50.1 Å². The van der Waals surface area contributed by atoms with Crippen molar-refractivity contribution in [3.05, 3.63) is 110 Å². The summed E-state index contributed by atoms with van der Waals surface area (Å²) in [6.45, 7) is 0. The fourth-order valence-corrected chi connectivity index (χ4v) is 5.43. The van der Waals surface area contributed by atoms with Gasteiger partial charge in [0.25, 0.3) is 5.91 Å². The number of fused-ring (bicyclic) bond motifs is 1. The SMILES string of the molecule is O=C(O)c1ccccc1C(=O)N1N=C2/C(=C/c3ccc(Br)cc3)CCC[C@@H]2[C@H]1c1ccc(Br)cc1. The van der Waals surface area contributed by atoms with Gasteiger partial charge in [0, 0.05) is 14.9 Å². The van der Waals surface area contributed by atoms with Crippen LogP contribution in [0.4, 0.5) is 0 Å². The van der Waals surface area contributed by atoms with Gasteiger partial charge in [-0.05, 0) is 78.4 Å². The summed E-state index contributed by atoms with van der Waals surface area (Å²) in [5.41, 5.74) is 4.20. The summed E-state index contributed by atoms with van der Waals surface area (Å²) < 4.78 is 1.97. The third-order valence-electron chi connectivity index (χ3n) is 6.52. The van der Waals surface area contributed by atoms with Crippen LogP contribution in [-0.4, -0.2) is 27.7 Å². The molecule has 5 rings (SSSR count). The average Bonchev–Trinajstić information content (AvgIpc) is 3.26. The molecule has 0 aromatic heterocycles. The molecule has 0 radical (unpaired) electrons. The van der Waals surface area contributed by atoms with Crippen LogP contribution in [0.3, 0.4) is 0 Å². The molecule has 5 nitrogen and oxygen atoms in total. The summed E-state index contributed by atoms with van der Waals surface area (Å²) in [6.07, 6.45) is 4.93. The maximum Gasteiger partial charge on any atom is 0.336 e. The second-order valence-corrected chi connectivity index (χ2v) is 10.5. The van der Waals surface area contributed by atoms with Crippen molar-refractivity contribution >= 4 is 55.5 Å². The molecule has 1 aliphatic heterocycles. The minimum absolute atomic E-state index is 0.0206. The van der Waals surface area contributed by atoms with E-state index in [9.17, 15) is 14.7 Å². The first-order valence-corrected chi connectivity index (χ1v) is 13.0. The molecule has 176 valence electrons. The maximum absolute atomic E-state index is 13.8. The van der Waals surface area contributed by atoms with Crippen LogP contribution in [0.15, 0.2) is 92.4 Å². The lowest BCUT2D eigenvalue weighted by molar-refractivity contribution is 0.0646. The van der Waals surface area contributed by atoms with Gasteiger partial charge in [-0.15, -0.1) is 0 Å². The number of nitrogens with zero attached hydrogens (tertiary/aromatic N) is 2. The lowest BCUT2D eigenvalue weighted by Gasteiger charge is -2.30. The van der Waals surface area contributed by atoms with Gasteiger partial charge in [0.1, 0.15) is 0 Å². The Balaban J connectivity index is 1.60. The molecule has 1 aliphatic carbocycles. The Morgan fingerprint density at radius 3 is 2.20 bits per heavy atom. The van der Waals surface area contributed by atoms with Gasteiger partial charge in [-0.3, -0.25) is 4.79 Å². The summed E-state index contributed by atoms with van der Waals surface area (Å²) in [6, 6.07) is 22.1. The predicted molar refractivity (Wildman–Crippen MR) is 143 cm³/mol. The third-order valence-corrected chi connectivity index (χ3v) is 7.58. The van der Waals surface area contributed by atoms with Gasteiger partial charge < -0.3 is 5.11 Å². The van der Waals surface area contributed by atoms with E-state index in [4.69, 9.17) is 5.10 Å². The predicted octanol–water partition coefficient (Wildman–Crippen LogP) is 7.35. The molecule has 1 N–H and O–H groups in total. The molecule has 1 heterocycles. The third kappa shape index (κ3) is 4.75. The zero-order valence-electron chi connectivity index (χ0n) is 18.7. The Labute approximate surface area is 220 Å². The van der Waals surface area contributed by atoms with Crippen molar-refractivity contribution in [3.63, 3.8) is 0 Å². The number of carbonyl (C=O) groups is 2. The van der Waals surface area contributed by atoms with Crippen molar-refractivity contribution in [2.45, 2.75) is 25.3 Å². The smallest absolute Gasteiger partial charge is 0.336 e. The first-order chi connectivity index (χ1) is 16.9. The van der Waals surface area contributed by atoms with Gasteiger partial charge in [-0.1, -0.05) is 68.3 Å². The van der Waals surface area contributed by atoms with Crippen molar-refractivity contribution in [1.29, 1.82) is 0 Å². The Bertz CT molecular complexity index is 1350. The Morgan fingerprint density at radius 2 is 1.54 bits per heavy atom. The normalized spacial score (nSPS) is 20.5. The minimum atomic E-state index is -1.13. The minimum Gasteiger partial charge on any atom is -0.478 e. The highest BCUT2D eigenvalue weighted by Crippen LogP contribution is 2.45. The van der Waals surface area contributed by atoms with Crippen LogP contribution in [0.25, 0.3) is 6.08 Å². The van der Waals surface area contributed by atoms with Crippen LogP contribution >= 0.6 is 31.9 Å². The number of carbonyl (C=O) groups excluding carboxylic acids is 1. The number of rotatable bonds is 4. The molecule has 2 aliphatic rings. The molecule has 1 saturated carbocycles. The van der Waals surface area contributed by atoms with Crippen LogP contribution in [0.2, 0.25) is 0 Å². The second kappa shape index (κ2) is 9.91. The van der Waals surface area contributed by atoms with E-state index < -0.39 is 11.9 Å². The molecular formula is C28H22Br2N2O3. The summed E-state index contributed by atoms with van der Waals surface area (Å²) in [4.78, 5) is 25.6. The molecular weight excluding hydrogens is 572 g/mol. The topological polar surface area (TPSA) is 70.0 Å². The summed E-state index contributed by atoms with van der Waals surface area (Å²) in [5.74, 6) is -1.50. The van der Waals surface area contributed by atoms with Crippen LogP contribution in [-0.2, 0) is 0 Å². The fraction of sp³-hybridized carbons (Fsp3) is 0.179. The Kier molecular flexibility index (Phi) is 6.71. The number of benzene rings is 3. The second-order valence-electron chi connectivity index (χ2n) is 8.70. The van der Waals surface area contributed by atoms with Gasteiger partial charge in [0.05, 0.1) is 22.9 Å². The Morgan fingerprint density at radius 1 is 0.914 bits per heavy atom. The molecule has 1 fully saturated rings.